The lowest BCUT2D eigenvalue weighted by atomic mass is 10.1. The van der Waals surface area contributed by atoms with E-state index in [0.29, 0.717) is 5.88 Å². The Morgan fingerprint density at radius 1 is 1.29 bits per heavy atom. The molecule has 0 unspecified atom stereocenters. The molecule has 14 heavy (non-hydrogen) atoms. The van der Waals surface area contributed by atoms with Gasteiger partial charge in [0.25, 0.3) is 0 Å². The van der Waals surface area contributed by atoms with Crippen molar-refractivity contribution in [3.05, 3.63) is 30.0 Å². The highest BCUT2D eigenvalue weighted by atomic mass is 16.5. The van der Waals surface area contributed by atoms with Crippen LogP contribution in [0.5, 0.6) is 5.88 Å². The molecule has 0 aromatic carbocycles. The quantitative estimate of drug-likeness (QED) is 0.724. The molecule has 2 aromatic heterocycles. The summed E-state index contributed by atoms with van der Waals surface area (Å²) in [6.45, 7) is 2.12. The standard InChI is InChI=1S/C11H12N2O/c1-3-8-6-7-12-11-9(8)4-5-10(13-11)14-2/h4-7H,3H2,1-2H3. The van der Waals surface area contributed by atoms with Gasteiger partial charge in [0.05, 0.1) is 7.11 Å². The van der Waals surface area contributed by atoms with E-state index in [1.54, 1.807) is 13.3 Å². The van der Waals surface area contributed by atoms with Crippen LogP contribution < -0.4 is 4.74 Å². The number of aryl methyl sites for hydroxylation is 1. The van der Waals surface area contributed by atoms with Gasteiger partial charge in [-0.3, -0.25) is 0 Å². The molecule has 0 aliphatic rings. The first-order chi connectivity index (χ1) is 6.85. The zero-order chi connectivity index (χ0) is 9.97. The lowest BCUT2D eigenvalue weighted by Gasteiger charge is -2.03. The summed E-state index contributed by atoms with van der Waals surface area (Å²) in [6.07, 6.45) is 2.78. The van der Waals surface area contributed by atoms with Crippen LogP contribution in [0.25, 0.3) is 11.0 Å². The molecule has 0 aliphatic heterocycles. The van der Waals surface area contributed by atoms with Crippen LogP contribution in [0.3, 0.4) is 0 Å². The third kappa shape index (κ3) is 1.41. The van der Waals surface area contributed by atoms with Crippen molar-refractivity contribution in [1.82, 2.24) is 9.97 Å². The molecule has 0 amide bonds. The fraction of sp³-hybridized carbons (Fsp3) is 0.273. The monoisotopic (exact) mass is 188 g/mol. The first-order valence-corrected chi connectivity index (χ1v) is 4.63. The SMILES string of the molecule is CCc1ccnc2nc(OC)ccc12. The second kappa shape index (κ2) is 3.62. The highest BCUT2D eigenvalue weighted by Gasteiger charge is 2.02. The summed E-state index contributed by atoms with van der Waals surface area (Å²) in [6, 6.07) is 5.90. The van der Waals surface area contributed by atoms with Gasteiger partial charge in [0, 0.05) is 17.6 Å². The Kier molecular flexibility index (Phi) is 2.31. The van der Waals surface area contributed by atoms with Crippen LogP contribution in [-0.2, 0) is 6.42 Å². The maximum absolute atomic E-state index is 5.04. The zero-order valence-corrected chi connectivity index (χ0v) is 8.32. The fourth-order valence-electron chi connectivity index (χ4n) is 1.49. The van der Waals surface area contributed by atoms with Gasteiger partial charge < -0.3 is 4.74 Å². The highest BCUT2D eigenvalue weighted by Crippen LogP contribution is 2.18. The molecule has 0 N–H and O–H groups in total. The second-order valence-electron chi connectivity index (χ2n) is 3.05. The van der Waals surface area contributed by atoms with Crippen LogP contribution >= 0.6 is 0 Å². The summed E-state index contributed by atoms with van der Waals surface area (Å²) < 4.78 is 5.04. The minimum atomic E-state index is 0.609. The molecule has 2 aromatic rings. The third-order valence-electron chi connectivity index (χ3n) is 2.26. The van der Waals surface area contributed by atoms with Gasteiger partial charge in [-0.2, -0.15) is 4.98 Å². The van der Waals surface area contributed by atoms with Crippen molar-refractivity contribution in [2.24, 2.45) is 0 Å². The predicted octanol–water partition coefficient (Wildman–Crippen LogP) is 2.20. The van der Waals surface area contributed by atoms with Crippen molar-refractivity contribution in [2.75, 3.05) is 7.11 Å². The molecule has 2 rings (SSSR count). The molecular weight excluding hydrogens is 176 g/mol. The predicted molar refractivity (Wildman–Crippen MR) is 55.5 cm³/mol. The summed E-state index contributed by atoms with van der Waals surface area (Å²) >= 11 is 0. The van der Waals surface area contributed by atoms with Gasteiger partial charge in [0.1, 0.15) is 0 Å². The third-order valence-corrected chi connectivity index (χ3v) is 2.26. The van der Waals surface area contributed by atoms with Gasteiger partial charge in [-0.1, -0.05) is 6.92 Å². The van der Waals surface area contributed by atoms with Crippen molar-refractivity contribution in [3.8, 4) is 5.88 Å². The van der Waals surface area contributed by atoms with E-state index in [9.17, 15) is 0 Å². The van der Waals surface area contributed by atoms with Crippen molar-refractivity contribution >= 4 is 11.0 Å². The number of methoxy groups -OCH3 is 1. The van der Waals surface area contributed by atoms with Gasteiger partial charge in [0.2, 0.25) is 5.88 Å². The number of hydrogen-bond acceptors (Lipinski definition) is 3. The smallest absolute Gasteiger partial charge is 0.215 e. The summed E-state index contributed by atoms with van der Waals surface area (Å²) in [5, 5.41) is 1.11. The molecule has 0 saturated carbocycles. The molecule has 0 atom stereocenters. The fourth-order valence-corrected chi connectivity index (χ4v) is 1.49. The largest absolute Gasteiger partial charge is 0.481 e. The van der Waals surface area contributed by atoms with Gasteiger partial charge in [-0.25, -0.2) is 4.98 Å². The number of hydrogen-bond donors (Lipinski definition) is 0. The number of pyridine rings is 2. The van der Waals surface area contributed by atoms with Gasteiger partial charge >= 0.3 is 0 Å². The van der Waals surface area contributed by atoms with E-state index >= 15 is 0 Å². The maximum atomic E-state index is 5.04. The van der Waals surface area contributed by atoms with Crippen molar-refractivity contribution in [3.63, 3.8) is 0 Å². The Bertz CT molecular complexity index is 454. The normalized spacial score (nSPS) is 10.4. The van der Waals surface area contributed by atoms with E-state index in [4.69, 9.17) is 4.74 Å². The van der Waals surface area contributed by atoms with Gasteiger partial charge in [-0.05, 0) is 24.1 Å². The van der Waals surface area contributed by atoms with E-state index in [1.807, 2.05) is 18.2 Å². The van der Waals surface area contributed by atoms with Gasteiger partial charge in [0.15, 0.2) is 5.65 Å². The Morgan fingerprint density at radius 3 is 2.86 bits per heavy atom. The number of rotatable bonds is 2. The molecule has 3 nitrogen and oxygen atoms in total. The number of fused-ring (bicyclic) bond motifs is 1. The van der Waals surface area contributed by atoms with E-state index in [-0.39, 0.29) is 0 Å². The lowest BCUT2D eigenvalue weighted by molar-refractivity contribution is 0.399. The Labute approximate surface area is 82.8 Å². The molecule has 2 heterocycles. The maximum Gasteiger partial charge on any atom is 0.215 e. The van der Waals surface area contributed by atoms with Crippen molar-refractivity contribution < 1.29 is 4.74 Å². The van der Waals surface area contributed by atoms with E-state index in [0.717, 1.165) is 17.5 Å². The average molecular weight is 188 g/mol. The molecule has 3 heteroatoms. The highest BCUT2D eigenvalue weighted by molar-refractivity contribution is 5.78. The van der Waals surface area contributed by atoms with Crippen LogP contribution in [0, 0.1) is 0 Å². The summed E-state index contributed by atoms with van der Waals surface area (Å²) in [5.41, 5.74) is 2.02. The van der Waals surface area contributed by atoms with Crippen LogP contribution in [-0.4, -0.2) is 17.1 Å². The Hall–Kier alpha value is -1.64. The number of ether oxygens (including phenoxy) is 1. The van der Waals surface area contributed by atoms with Crippen LogP contribution in [0.15, 0.2) is 24.4 Å². The minimum Gasteiger partial charge on any atom is -0.481 e. The lowest BCUT2D eigenvalue weighted by Crippen LogP contribution is -1.92. The first-order valence-electron chi connectivity index (χ1n) is 4.63. The van der Waals surface area contributed by atoms with Crippen molar-refractivity contribution in [2.45, 2.75) is 13.3 Å². The molecule has 0 radical (unpaired) electrons. The number of nitrogens with zero attached hydrogens (tertiary/aromatic N) is 2. The topological polar surface area (TPSA) is 35.0 Å². The average Bonchev–Trinajstić information content (AvgIpc) is 2.27. The molecule has 0 fully saturated rings. The van der Waals surface area contributed by atoms with E-state index in [2.05, 4.69) is 16.9 Å². The van der Waals surface area contributed by atoms with Crippen LogP contribution in [0.1, 0.15) is 12.5 Å². The zero-order valence-electron chi connectivity index (χ0n) is 8.32. The molecule has 0 saturated heterocycles. The summed E-state index contributed by atoms with van der Waals surface area (Å²) in [5.74, 6) is 0.609. The van der Waals surface area contributed by atoms with E-state index in [1.165, 1.54) is 5.56 Å². The van der Waals surface area contributed by atoms with E-state index < -0.39 is 0 Å². The second-order valence-corrected chi connectivity index (χ2v) is 3.05. The summed E-state index contributed by atoms with van der Waals surface area (Å²) in [4.78, 5) is 8.48. The Balaban J connectivity index is 2.67. The van der Waals surface area contributed by atoms with Crippen LogP contribution in [0.4, 0.5) is 0 Å². The molecule has 0 spiro atoms. The molecule has 72 valence electrons. The Morgan fingerprint density at radius 2 is 2.14 bits per heavy atom. The van der Waals surface area contributed by atoms with Crippen molar-refractivity contribution in [1.29, 1.82) is 0 Å². The van der Waals surface area contributed by atoms with Gasteiger partial charge in [-0.15, -0.1) is 0 Å². The minimum absolute atomic E-state index is 0.609. The molecule has 0 bridgehead atoms. The molecular formula is C11H12N2O. The van der Waals surface area contributed by atoms with Crippen LogP contribution in [0.2, 0.25) is 0 Å². The summed E-state index contributed by atoms with van der Waals surface area (Å²) in [7, 11) is 1.61. The first kappa shape index (κ1) is 8.94. The number of aromatic nitrogens is 2. The molecule has 0 aliphatic carbocycles.